The quantitative estimate of drug-likeness (QED) is 0.488. The molecule has 1 saturated carbocycles. The lowest BCUT2D eigenvalue weighted by atomic mass is 9.84. The summed E-state index contributed by atoms with van der Waals surface area (Å²) in [5, 5.41) is 2.81. The van der Waals surface area contributed by atoms with Crippen molar-refractivity contribution in [3.8, 4) is 0 Å². The molecule has 3 aromatic rings. The van der Waals surface area contributed by atoms with E-state index in [4.69, 9.17) is 0 Å². The predicted molar refractivity (Wildman–Crippen MR) is 118 cm³/mol. The second-order valence-electron chi connectivity index (χ2n) is 6.95. The second-order valence-corrected chi connectivity index (χ2v) is 9.14. The summed E-state index contributed by atoms with van der Waals surface area (Å²) in [6.45, 7) is 4.55. The Balaban J connectivity index is 1.72. The van der Waals surface area contributed by atoms with Gasteiger partial charge in [0.2, 0.25) is 0 Å². The molecule has 0 aromatic heterocycles. The zero-order valence-electron chi connectivity index (χ0n) is 15.8. The summed E-state index contributed by atoms with van der Waals surface area (Å²) in [7, 11) is -0.562. The summed E-state index contributed by atoms with van der Waals surface area (Å²) in [6, 6.07) is 30.7. The van der Waals surface area contributed by atoms with Crippen LogP contribution >= 0.6 is 7.92 Å². The minimum absolute atomic E-state index is 0.383. The summed E-state index contributed by atoms with van der Waals surface area (Å²) in [6.07, 6.45) is 6.87. The van der Waals surface area contributed by atoms with E-state index in [-0.39, 0.29) is 0 Å². The molecule has 1 fully saturated rings. The van der Waals surface area contributed by atoms with E-state index < -0.39 is 7.92 Å². The van der Waals surface area contributed by atoms with Gasteiger partial charge in [0, 0.05) is 5.66 Å². The Labute approximate surface area is 165 Å². The fourth-order valence-electron chi connectivity index (χ4n) is 3.82. The first kappa shape index (κ1) is 18.5. The summed E-state index contributed by atoms with van der Waals surface area (Å²) in [5.41, 5.74) is 4.25. The highest BCUT2D eigenvalue weighted by molar-refractivity contribution is 7.76. The first-order chi connectivity index (χ1) is 13.3. The van der Waals surface area contributed by atoms with Gasteiger partial charge in [0.1, 0.15) is 0 Å². The van der Waals surface area contributed by atoms with E-state index >= 15 is 0 Å². The molecule has 1 heteroatoms. The van der Waals surface area contributed by atoms with Gasteiger partial charge in [-0.05, 0) is 67.7 Å². The van der Waals surface area contributed by atoms with Gasteiger partial charge in [-0.2, -0.15) is 0 Å². The Bertz CT molecular complexity index is 816. The van der Waals surface area contributed by atoms with Crippen LogP contribution in [-0.4, -0.2) is 0 Å². The molecular weight excluding hydrogens is 343 g/mol. The maximum Gasteiger partial charge on any atom is 0.0201 e. The Kier molecular flexibility index (Phi) is 5.74. The lowest BCUT2D eigenvalue weighted by molar-refractivity contribution is 0.810. The van der Waals surface area contributed by atoms with E-state index in [1.807, 2.05) is 0 Å². The molecule has 1 aliphatic rings. The van der Waals surface area contributed by atoms with E-state index in [0.717, 1.165) is 0 Å². The summed E-state index contributed by atoms with van der Waals surface area (Å²) in [5.74, 6) is 1.83. The zero-order chi connectivity index (χ0) is 18.6. The van der Waals surface area contributed by atoms with Crippen molar-refractivity contribution in [2.45, 2.75) is 19.8 Å². The van der Waals surface area contributed by atoms with Crippen LogP contribution in [0.1, 0.15) is 24.0 Å². The van der Waals surface area contributed by atoms with Crippen molar-refractivity contribution in [1.29, 1.82) is 0 Å². The van der Waals surface area contributed by atoms with Crippen LogP contribution in [0.2, 0.25) is 0 Å². The molecule has 3 aromatic carbocycles. The van der Waals surface area contributed by atoms with Gasteiger partial charge in [-0.15, -0.1) is 0 Å². The van der Waals surface area contributed by atoms with Gasteiger partial charge < -0.3 is 0 Å². The smallest absolute Gasteiger partial charge is 0.0201 e. The zero-order valence-corrected chi connectivity index (χ0v) is 16.7. The van der Waals surface area contributed by atoms with Crippen LogP contribution in [0.4, 0.5) is 0 Å². The molecule has 0 saturated heterocycles. The van der Waals surface area contributed by atoms with Gasteiger partial charge in [-0.1, -0.05) is 91.9 Å². The Morgan fingerprint density at radius 2 is 1.22 bits per heavy atom. The Morgan fingerprint density at radius 1 is 0.667 bits per heavy atom. The minimum atomic E-state index is -0.562. The van der Waals surface area contributed by atoms with Gasteiger partial charge in [0.05, 0.1) is 0 Å². The monoisotopic (exact) mass is 367 g/mol. The van der Waals surface area contributed by atoms with Crippen LogP contribution in [0.3, 0.4) is 0 Å². The number of rotatable bonds is 5. The van der Waals surface area contributed by atoms with Crippen LogP contribution in [-0.2, 0) is 0 Å². The van der Waals surface area contributed by atoms with Gasteiger partial charge in [-0.3, -0.25) is 0 Å². The molecule has 0 heterocycles. The van der Waals surface area contributed by atoms with Crippen molar-refractivity contribution in [2.75, 3.05) is 0 Å². The van der Waals surface area contributed by atoms with E-state index in [2.05, 4.69) is 118 Å². The molecule has 133 valence electrons. The topological polar surface area (TPSA) is 0 Å². The molecule has 0 amide bonds. The molecule has 0 aliphatic heterocycles. The van der Waals surface area contributed by atoms with Crippen LogP contribution in [0.5, 0.6) is 0 Å². The van der Waals surface area contributed by atoms with Gasteiger partial charge in [-0.25, -0.2) is 0 Å². The highest BCUT2D eigenvalue weighted by Gasteiger charge is 2.40. The third-order valence-electron chi connectivity index (χ3n) is 5.22. The summed E-state index contributed by atoms with van der Waals surface area (Å²) < 4.78 is 0. The molecule has 5 radical (unpaired) electrons. The maximum atomic E-state index is 2.34. The third-order valence-corrected chi connectivity index (χ3v) is 7.73. The fraction of sp³-hybridized carbons (Fsp3) is 0.115. The van der Waals surface area contributed by atoms with Crippen molar-refractivity contribution in [3.63, 3.8) is 0 Å². The van der Waals surface area contributed by atoms with Gasteiger partial charge >= 0.3 is 0 Å². The van der Waals surface area contributed by atoms with E-state index in [9.17, 15) is 0 Å². The van der Waals surface area contributed by atoms with Gasteiger partial charge in [0.15, 0.2) is 0 Å². The lowest BCUT2D eigenvalue weighted by Crippen LogP contribution is -2.21. The van der Waals surface area contributed by atoms with Crippen LogP contribution in [0, 0.1) is 37.8 Å². The Morgan fingerprint density at radius 3 is 1.81 bits per heavy atom. The standard InChI is InChI=1S/C26H24P/c1-20-12-9-10-17-24(20)21(2)25-18-11-19-26(25)27(22-13-5-3-6-14-22)23-15-7-4-8-16-23/h3-19,21H,1-2H3/t21-/m1/s1. The number of aryl methyl sites for hydroxylation is 1. The average Bonchev–Trinajstić information content (AvgIpc) is 3.19. The van der Waals surface area contributed by atoms with E-state index in [1.54, 1.807) is 0 Å². The maximum absolute atomic E-state index is 2.34. The minimum Gasteiger partial charge on any atom is -0.0622 e. The normalized spacial score (nSPS) is 16.7. The Hall–Kier alpha value is -1.91. The molecule has 0 bridgehead atoms. The molecule has 0 spiro atoms. The fourth-order valence-corrected chi connectivity index (χ4v) is 6.37. The van der Waals surface area contributed by atoms with E-state index in [0.29, 0.717) is 5.92 Å². The number of hydrogen-bond donors (Lipinski definition) is 0. The molecule has 0 nitrogen and oxygen atoms in total. The molecule has 0 N–H and O–H groups in total. The lowest BCUT2D eigenvalue weighted by Gasteiger charge is -2.33. The van der Waals surface area contributed by atoms with Crippen molar-refractivity contribution in [3.05, 3.63) is 127 Å². The molecule has 1 atom stereocenters. The molecular formula is C26H24P. The average molecular weight is 367 g/mol. The van der Waals surface area contributed by atoms with E-state index in [1.165, 1.54) is 33.3 Å². The second kappa shape index (κ2) is 8.41. The molecule has 0 unspecified atom stereocenters. The predicted octanol–water partition coefficient (Wildman–Crippen LogP) is 5.96. The SMILES string of the molecule is Cc1ccccc1[C@@H](C)[C]1[CH][CH][CH][C]1P(c1ccccc1)c1ccccc1. The summed E-state index contributed by atoms with van der Waals surface area (Å²) >= 11 is 0. The molecule has 1 aliphatic carbocycles. The van der Waals surface area contributed by atoms with Crippen molar-refractivity contribution in [2.24, 2.45) is 0 Å². The van der Waals surface area contributed by atoms with Gasteiger partial charge in [0.25, 0.3) is 0 Å². The number of hydrogen-bond acceptors (Lipinski definition) is 0. The van der Waals surface area contributed by atoms with Crippen LogP contribution < -0.4 is 10.6 Å². The van der Waals surface area contributed by atoms with Crippen LogP contribution in [0.15, 0.2) is 84.9 Å². The first-order valence-corrected chi connectivity index (χ1v) is 10.8. The van der Waals surface area contributed by atoms with Crippen molar-refractivity contribution < 1.29 is 0 Å². The highest BCUT2D eigenvalue weighted by atomic mass is 31.1. The van der Waals surface area contributed by atoms with Crippen LogP contribution in [0.25, 0.3) is 0 Å². The molecule has 4 rings (SSSR count). The summed E-state index contributed by atoms with van der Waals surface area (Å²) in [4.78, 5) is 0. The highest BCUT2D eigenvalue weighted by Crippen LogP contribution is 2.59. The third kappa shape index (κ3) is 3.87. The van der Waals surface area contributed by atoms with Crippen molar-refractivity contribution >= 4 is 18.5 Å². The first-order valence-electron chi connectivity index (χ1n) is 9.47. The number of benzene rings is 3. The van der Waals surface area contributed by atoms with Crippen molar-refractivity contribution in [1.82, 2.24) is 0 Å². The largest absolute Gasteiger partial charge is 0.0622 e. The molecule has 27 heavy (non-hydrogen) atoms.